The smallest absolute Gasteiger partial charge is 0.242 e. The summed E-state index contributed by atoms with van der Waals surface area (Å²) in [7, 11) is 0. The maximum atomic E-state index is 12.6. The highest BCUT2D eigenvalue weighted by Crippen LogP contribution is 2.14. The average molecular weight is 469 g/mol. The zero-order chi connectivity index (χ0) is 24.3. The van der Waals surface area contributed by atoms with Gasteiger partial charge in [-0.2, -0.15) is 0 Å². The number of aliphatic hydroxyl groups excluding tert-OH is 1. The lowest BCUT2D eigenvalue weighted by Crippen LogP contribution is -2.51. The highest BCUT2D eigenvalue weighted by molar-refractivity contribution is 5.87. The van der Waals surface area contributed by atoms with Crippen LogP contribution in [0.25, 0.3) is 0 Å². The number of rotatable bonds is 20. The van der Waals surface area contributed by atoms with Crippen molar-refractivity contribution in [1.29, 1.82) is 0 Å². The Morgan fingerprint density at radius 2 is 1.39 bits per heavy atom. The van der Waals surface area contributed by atoms with E-state index in [1.165, 1.54) is 77.0 Å². The van der Waals surface area contributed by atoms with Gasteiger partial charge in [-0.25, -0.2) is 0 Å². The molecule has 0 bridgehead atoms. The standard InChI is InChI=1S/C27H52N2O4/c1-4-5-6-7-8-9-10-11-12-13-14-15-16-17-18-25(30)28-24(21-22(2)3)26(31)29-23-19-20-33-27(23)32/h22-24,27,32H,4-21H2,1-3H3,(H,28,30)(H,29,31)/t23-,24?,27?/m0/s1. The predicted molar refractivity (Wildman–Crippen MR) is 135 cm³/mol. The van der Waals surface area contributed by atoms with E-state index in [2.05, 4.69) is 17.6 Å². The number of amides is 2. The Labute approximate surface area is 203 Å². The largest absolute Gasteiger partial charge is 0.366 e. The van der Waals surface area contributed by atoms with Crippen LogP contribution in [0.1, 0.15) is 130 Å². The zero-order valence-corrected chi connectivity index (χ0v) is 21.7. The number of hydrogen-bond donors (Lipinski definition) is 3. The molecule has 0 aliphatic carbocycles. The van der Waals surface area contributed by atoms with Crippen molar-refractivity contribution in [3.63, 3.8) is 0 Å². The first-order valence-corrected chi connectivity index (χ1v) is 13.8. The molecule has 0 spiro atoms. The molecule has 3 N–H and O–H groups in total. The zero-order valence-electron chi connectivity index (χ0n) is 21.7. The molecule has 0 aromatic heterocycles. The summed E-state index contributed by atoms with van der Waals surface area (Å²) < 4.78 is 5.10. The SMILES string of the molecule is CCCCCCCCCCCCCCCCC(=O)NC(CC(C)C)C(=O)N[C@H]1CCOC1O. The molecule has 1 heterocycles. The monoisotopic (exact) mass is 468 g/mol. The molecule has 0 saturated carbocycles. The fourth-order valence-corrected chi connectivity index (χ4v) is 4.45. The third-order valence-corrected chi connectivity index (χ3v) is 6.51. The van der Waals surface area contributed by atoms with E-state index in [0.717, 1.165) is 12.8 Å². The summed E-state index contributed by atoms with van der Waals surface area (Å²) in [6.45, 7) is 6.77. The van der Waals surface area contributed by atoms with Gasteiger partial charge in [-0.15, -0.1) is 0 Å². The number of carbonyl (C=O) groups excluding carboxylic acids is 2. The minimum Gasteiger partial charge on any atom is -0.366 e. The summed E-state index contributed by atoms with van der Waals surface area (Å²) in [6.07, 6.45) is 18.7. The third kappa shape index (κ3) is 15.4. The summed E-state index contributed by atoms with van der Waals surface area (Å²) in [6, 6.07) is -0.952. The van der Waals surface area contributed by atoms with Crippen molar-refractivity contribution in [1.82, 2.24) is 10.6 Å². The number of nitrogens with one attached hydrogen (secondary N) is 2. The first kappa shape index (κ1) is 29.9. The second-order valence-electron chi connectivity index (χ2n) is 10.3. The van der Waals surface area contributed by atoms with E-state index in [4.69, 9.17) is 4.74 Å². The number of carbonyl (C=O) groups is 2. The number of ether oxygens (including phenoxy) is 1. The lowest BCUT2D eigenvalue weighted by Gasteiger charge is -2.23. The molecular formula is C27H52N2O4. The summed E-state index contributed by atoms with van der Waals surface area (Å²) in [4.78, 5) is 25.0. The van der Waals surface area contributed by atoms with Gasteiger partial charge >= 0.3 is 0 Å². The summed E-state index contributed by atoms with van der Waals surface area (Å²) >= 11 is 0. The lowest BCUT2D eigenvalue weighted by atomic mass is 10.0. The Kier molecular flexibility index (Phi) is 17.4. The lowest BCUT2D eigenvalue weighted by molar-refractivity contribution is -0.131. The van der Waals surface area contributed by atoms with Crippen molar-refractivity contribution in [3.8, 4) is 0 Å². The van der Waals surface area contributed by atoms with E-state index in [0.29, 0.717) is 25.9 Å². The fourth-order valence-electron chi connectivity index (χ4n) is 4.45. The second kappa shape index (κ2) is 19.2. The van der Waals surface area contributed by atoms with Crippen molar-refractivity contribution in [2.24, 2.45) is 5.92 Å². The summed E-state index contributed by atoms with van der Waals surface area (Å²) in [5.74, 6) is -0.00243. The highest BCUT2D eigenvalue weighted by atomic mass is 16.6. The molecule has 1 aliphatic heterocycles. The molecule has 6 nitrogen and oxygen atoms in total. The molecule has 1 fully saturated rings. The van der Waals surface area contributed by atoms with Crippen molar-refractivity contribution >= 4 is 11.8 Å². The van der Waals surface area contributed by atoms with Crippen molar-refractivity contribution in [2.75, 3.05) is 6.61 Å². The second-order valence-corrected chi connectivity index (χ2v) is 10.3. The van der Waals surface area contributed by atoms with Crippen molar-refractivity contribution in [3.05, 3.63) is 0 Å². The highest BCUT2D eigenvalue weighted by Gasteiger charge is 2.30. The topological polar surface area (TPSA) is 87.7 Å². The van der Waals surface area contributed by atoms with Crippen LogP contribution in [0.3, 0.4) is 0 Å². The van der Waals surface area contributed by atoms with Gasteiger partial charge in [0, 0.05) is 6.42 Å². The van der Waals surface area contributed by atoms with E-state index >= 15 is 0 Å². The van der Waals surface area contributed by atoms with Crippen LogP contribution in [0.15, 0.2) is 0 Å². The molecule has 3 atom stereocenters. The van der Waals surface area contributed by atoms with E-state index in [1.54, 1.807) is 0 Å². The van der Waals surface area contributed by atoms with E-state index < -0.39 is 18.4 Å². The van der Waals surface area contributed by atoms with Crippen molar-refractivity contribution < 1.29 is 19.4 Å². The molecule has 2 amide bonds. The molecule has 1 saturated heterocycles. The van der Waals surface area contributed by atoms with Crippen LogP contribution in [0.2, 0.25) is 0 Å². The average Bonchev–Trinajstić information content (AvgIpc) is 3.17. The first-order valence-electron chi connectivity index (χ1n) is 13.8. The van der Waals surface area contributed by atoms with Crippen LogP contribution >= 0.6 is 0 Å². The molecular weight excluding hydrogens is 416 g/mol. The van der Waals surface area contributed by atoms with Crippen LogP contribution in [-0.4, -0.2) is 41.9 Å². The van der Waals surface area contributed by atoms with E-state index in [-0.39, 0.29) is 17.7 Å². The predicted octanol–water partition coefficient (Wildman–Crippen LogP) is 5.61. The minimum atomic E-state index is -0.958. The van der Waals surface area contributed by atoms with E-state index in [1.807, 2.05) is 13.8 Å². The normalized spacial score (nSPS) is 19.1. The molecule has 1 aliphatic rings. The Morgan fingerprint density at radius 3 is 1.85 bits per heavy atom. The van der Waals surface area contributed by atoms with Gasteiger partial charge in [0.15, 0.2) is 6.29 Å². The van der Waals surface area contributed by atoms with Crippen LogP contribution in [0, 0.1) is 5.92 Å². The van der Waals surface area contributed by atoms with Crippen LogP contribution in [0.4, 0.5) is 0 Å². The van der Waals surface area contributed by atoms with Crippen LogP contribution < -0.4 is 10.6 Å². The van der Waals surface area contributed by atoms with Gasteiger partial charge in [-0.1, -0.05) is 104 Å². The van der Waals surface area contributed by atoms with E-state index in [9.17, 15) is 14.7 Å². The van der Waals surface area contributed by atoms with Gasteiger partial charge < -0.3 is 20.5 Å². The Balaban J connectivity index is 2.07. The van der Waals surface area contributed by atoms with Gasteiger partial charge in [0.05, 0.1) is 12.6 Å². The number of aliphatic hydroxyl groups is 1. The number of unbranched alkanes of at least 4 members (excludes halogenated alkanes) is 13. The van der Waals surface area contributed by atoms with Gasteiger partial charge in [0.1, 0.15) is 6.04 Å². The summed E-state index contributed by atoms with van der Waals surface area (Å²) in [5, 5.41) is 15.5. The van der Waals surface area contributed by atoms with Gasteiger partial charge in [0.2, 0.25) is 11.8 Å². The minimum absolute atomic E-state index is 0.0574. The maximum Gasteiger partial charge on any atom is 0.242 e. The van der Waals surface area contributed by atoms with Crippen LogP contribution in [0.5, 0.6) is 0 Å². The maximum absolute atomic E-state index is 12.6. The van der Waals surface area contributed by atoms with Crippen molar-refractivity contribution in [2.45, 2.75) is 148 Å². The van der Waals surface area contributed by atoms with Gasteiger partial charge in [-0.3, -0.25) is 9.59 Å². The quantitative estimate of drug-likeness (QED) is 0.203. The first-order chi connectivity index (χ1) is 15.9. The Bertz CT molecular complexity index is 512. The molecule has 6 heteroatoms. The molecule has 194 valence electrons. The number of hydrogen-bond acceptors (Lipinski definition) is 4. The molecule has 33 heavy (non-hydrogen) atoms. The Hall–Kier alpha value is -1.14. The molecule has 0 aromatic carbocycles. The summed E-state index contributed by atoms with van der Waals surface area (Å²) in [5.41, 5.74) is 0. The Morgan fingerprint density at radius 1 is 0.879 bits per heavy atom. The van der Waals surface area contributed by atoms with Crippen LogP contribution in [-0.2, 0) is 14.3 Å². The van der Waals surface area contributed by atoms with Gasteiger partial charge in [0.25, 0.3) is 0 Å². The fraction of sp³-hybridized carbons (Fsp3) is 0.926. The molecule has 0 aromatic rings. The molecule has 2 unspecified atom stereocenters. The van der Waals surface area contributed by atoms with Gasteiger partial charge in [-0.05, 0) is 25.2 Å². The molecule has 0 radical (unpaired) electrons. The third-order valence-electron chi connectivity index (χ3n) is 6.51. The molecule has 1 rings (SSSR count).